The zero-order valence-electron chi connectivity index (χ0n) is 4.56. The highest BCUT2D eigenvalue weighted by molar-refractivity contribution is 14.1. The van der Waals surface area contributed by atoms with Crippen molar-refractivity contribution >= 4 is 28.6 Å². The van der Waals surface area contributed by atoms with Gasteiger partial charge in [0.05, 0.1) is 7.11 Å². The number of carbonyl (C=O) groups excluding carboxylic acids is 1. The molecule has 0 aromatic heterocycles. The van der Waals surface area contributed by atoms with Gasteiger partial charge < -0.3 is 4.74 Å². The number of methoxy groups -OCH3 is 1. The van der Waals surface area contributed by atoms with E-state index in [1.807, 2.05) is 0 Å². The van der Waals surface area contributed by atoms with Crippen molar-refractivity contribution in [1.29, 1.82) is 0 Å². The van der Waals surface area contributed by atoms with Gasteiger partial charge in [-0.15, -0.1) is 0 Å². The number of ether oxygens (including phenoxy) is 1. The van der Waals surface area contributed by atoms with E-state index in [0.717, 1.165) is 4.43 Å². The van der Waals surface area contributed by atoms with Crippen LogP contribution in [0.25, 0.3) is 0 Å². The first-order valence-electron chi connectivity index (χ1n) is 2.11. The number of carbonyl (C=O) groups is 1. The summed E-state index contributed by atoms with van der Waals surface area (Å²) in [6.45, 7) is 0. The van der Waals surface area contributed by atoms with Crippen molar-refractivity contribution in [2.45, 2.75) is 0 Å². The first-order chi connectivity index (χ1) is 3.81. The molecule has 3 heteroatoms. The quantitative estimate of drug-likeness (QED) is 0.305. The van der Waals surface area contributed by atoms with E-state index in [1.165, 1.54) is 13.2 Å². The Bertz CT molecular complexity index is 98.6. The van der Waals surface area contributed by atoms with Crippen LogP contribution in [0.1, 0.15) is 0 Å². The molecule has 0 bridgehead atoms. The molecule has 0 unspecified atom stereocenters. The summed E-state index contributed by atoms with van der Waals surface area (Å²) >= 11 is 2.14. The van der Waals surface area contributed by atoms with Gasteiger partial charge in [-0.25, -0.2) is 4.79 Å². The summed E-state index contributed by atoms with van der Waals surface area (Å²) in [7, 11) is 1.36. The van der Waals surface area contributed by atoms with Gasteiger partial charge in [0.1, 0.15) is 0 Å². The van der Waals surface area contributed by atoms with E-state index in [-0.39, 0.29) is 5.97 Å². The van der Waals surface area contributed by atoms with E-state index in [0.29, 0.717) is 0 Å². The Morgan fingerprint density at radius 3 is 2.88 bits per heavy atom. The molecule has 8 heavy (non-hydrogen) atoms. The second kappa shape index (κ2) is 5.08. The number of hydrogen-bond donors (Lipinski definition) is 0. The maximum Gasteiger partial charge on any atom is 0.330 e. The van der Waals surface area contributed by atoms with Crippen molar-refractivity contribution in [3.63, 3.8) is 0 Å². The number of allylic oxidation sites excluding steroid dienone is 1. The predicted molar refractivity (Wildman–Crippen MR) is 40.0 cm³/mol. The zero-order valence-corrected chi connectivity index (χ0v) is 6.71. The summed E-state index contributed by atoms with van der Waals surface area (Å²) < 4.78 is 5.16. The van der Waals surface area contributed by atoms with Crippen molar-refractivity contribution in [3.05, 3.63) is 12.2 Å². The predicted octanol–water partition coefficient (Wildman–Crippen LogP) is 1.15. The standard InChI is InChI=1S/C5H7IO2/c1-8-5(7)3-2-4-6/h2-3H,4H2,1H3/b3-2-. The molecule has 0 saturated carbocycles. The fraction of sp³-hybridized carbons (Fsp3) is 0.400. The van der Waals surface area contributed by atoms with Gasteiger partial charge in [-0.1, -0.05) is 28.7 Å². The molecule has 2 nitrogen and oxygen atoms in total. The minimum Gasteiger partial charge on any atom is -0.466 e. The van der Waals surface area contributed by atoms with Gasteiger partial charge in [-0.2, -0.15) is 0 Å². The summed E-state index contributed by atoms with van der Waals surface area (Å²) in [4.78, 5) is 10.3. The normalized spacial score (nSPS) is 9.75. The number of alkyl halides is 1. The molecule has 0 aromatic carbocycles. The van der Waals surface area contributed by atoms with E-state index < -0.39 is 0 Å². The molecule has 0 heterocycles. The monoisotopic (exact) mass is 226 g/mol. The Morgan fingerprint density at radius 1 is 1.88 bits per heavy atom. The summed E-state index contributed by atoms with van der Waals surface area (Å²) in [6, 6.07) is 0. The minimum absolute atomic E-state index is 0.290. The molecule has 0 aliphatic rings. The van der Waals surface area contributed by atoms with Crippen LogP contribution in [0.4, 0.5) is 0 Å². The van der Waals surface area contributed by atoms with Crippen LogP contribution in [-0.2, 0) is 9.53 Å². The number of esters is 1. The third kappa shape index (κ3) is 4.11. The summed E-state index contributed by atoms with van der Waals surface area (Å²) in [6.07, 6.45) is 3.15. The van der Waals surface area contributed by atoms with E-state index in [1.54, 1.807) is 6.08 Å². The molecule has 46 valence electrons. The Kier molecular flexibility index (Phi) is 5.05. The second-order valence-electron chi connectivity index (χ2n) is 1.08. The maximum absolute atomic E-state index is 10.3. The highest BCUT2D eigenvalue weighted by Gasteiger charge is 1.86. The van der Waals surface area contributed by atoms with Gasteiger partial charge in [0, 0.05) is 10.5 Å². The Morgan fingerprint density at radius 2 is 2.50 bits per heavy atom. The number of rotatable bonds is 2. The Balaban J connectivity index is 3.37. The molecule has 0 saturated heterocycles. The van der Waals surface area contributed by atoms with E-state index >= 15 is 0 Å². The van der Waals surface area contributed by atoms with Crippen molar-refractivity contribution in [2.75, 3.05) is 11.5 Å². The topological polar surface area (TPSA) is 26.3 Å². The molecule has 0 rings (SSSR count). The van der Waals surface area contributed by atoms with Crippen LogP contribution in [-0.4, -0.2) is 17.5 Å². The van der Waals surface area contributed by atoms with E-state index in [4.69, 9.17) is 0 Å². The van der Waals surface area contributed by atoms with E-state index in [2.05, 4.69) is 27.3 Å². The van der Waals surface area contributed by atoms with Gasteiger partial charge in [-0.05, 0) is 0 Å². The molecule has 0 amide bonds. The molecule has 0 radical (unpaired) electrons. The van der Waals surface area contributed by atoms with Crippen LogP contribution in [0.5, 0.6) is 0 Å². The average Bonchev–Trinajstić information content (AvgIpc) is 1.83. The SMILES string of the molecule is COC(=O)/C=C\CI. The molecule has 0 fully saturated rings. The van der Waals surface area contributed by atoms with Crippen LogP contribution >= 0.6 is 22.6 Å². The first kappa shape index (κ1) is 7.94. The van der Waals surface area contributed by atoms with Gasteiger partial charge in [0.25, 0.3) is 0 Å². The molecule has 0 aromatic rings. The van der Waals surface area contributed by atoms with Crippen LogP contribution in [0.2, 0.25) is 0 Å². The highest BCUT2D eigenvalue weighted by atomic mass is 127. The van der Waals surface area contributed by atoms with Crippen LogP contribution in [0.15, 0.2) is 12.2 Å². The van der Waals surface area contributed by atoms with Crippen LogP contribution in [0, 0.1) is 0 Å². The van der Waals surface area contributed by atoms with Crippen molar-refractivity contribution in [2.24, 2.45) is 0 Å². The average molecular weight is 226 g/mol. The molecule has 0 spiro atoms. The Hall–Kier alpha value is -0.0600. The van der Waals surface area contributed by atoms with Crippen molar-refractivity contribution in [3.8, 4) is 0 Å². The summed E-state index contributed by atoms with van der Waals surface area (Å²) in [5.41, 5.74) is 0. The lowest BCUT2D eigenvalue weighted by Gasteiger charge is -1.85. The molecule has 0 atom stereocenters. The third-order valence-electron chi connectivity index (χ3n) is 0.544. The molecule has 0 N–H and O–H groups in total. The zero-order chi connectivity index (χ0) is 6.41. The smallest absolute Gasteiger partial charge is 0.330 e. The third-order valence-corrected chi connectivity index (χ3v) is 1.05. The second-order valence-corrected chi connectivity index (χ2v) is 1.96. The highest BCUT2D eigenvalue weighted by Crippen LogP contribution is 1.83. The lowest BCUT2D eigenvalue weighted by molar-refractivity contribution is -0.134. The van der Waals surface area contributed by atoms with Gasteiger partial charge in [0.2, 0.25) is 0 Å². The lowest BCUT2D eigenvalue weighted by atomic mass is 10.5. The maximum atomic E-state index is 10.3. The molecule has 0 aliphatic heterocycles. The van der Waals surface area contributed by atoms with Crippen molar-refractivity contribution in [1.82, 2.24) is 0 Å². The number of halogens is 1. The van der Waals surface area contributed by atoms with E-state index in [9.17, 15) is 4.79 Å². The Labute approximate surface area is 62.0 Å². The van der Waals surface area contributed by atoms with Gasteiger partial charge in [0.15, 0.2) is 0 Å². The number of hydrogen-bond acceptors (Lipinski definition) is 2. The summed E-state index contributed by atoms with van der Waals surface area (Å²) in [5.74, 6) is -0.290. The van der Waals surface area contributed by atoms with Crippen LogP contribution < -0.4 is 0 Å². The largest absolute Gasteiger partial charge is 0.466 e. The molecule has 0 aliphatic carbocycles. The van der Waals surface area contributed by atoms with Gasteiger partial charge in [-0.3, -0.25) is 0 Å². The lowest BCUT2D eigenvalue weighted by Crippen LogP contribution is -1.93. The fourth-order valence-corrected chi connectivity index (χ4v) is 0.463. The van der Waals surface area contributed by atoms with Gasteiger partial charge >= 0.3 is 5.97 Å². The summed E-state index contributed by atoms with van der Waals surface area (Å²) in [5, 5.41) is 0. The fourth-order valence-electron chi connectivity index (χ4n) is 0.209. The first-order valence-corrected chi connectivity index (χ1v) is 3.64. The molecular formula is C5H7IO2. The van der Waals surface area contributed by atoms with Crippen molar-refractivity contribution < 1.29 is 9.53 Å². The minimum atomic E-state index is -0.290. The molecular weight excluding hydrogens is 219 g/mol. The van der Waals surface area contributed by atoms with Crippen LogP contribution in [0.3, 0.4) is 0 Å².